The molecule has 2 nitrogen and oxygen atoms in total. The summed E-state index contributed by atoms with van der Waals surface area (Å²) in [6.45, 7) is 6.10. The van der Waals surface area contributed by atoms with Crippen molar-refractivity contribution in [3.8, 4) is 0 Å². The minimum Gasteiger partial charge on any atom is -0.380 e. The van der Waals surface area contributed by atoms with Crippen molar-refractivity contribution < 1.29 is 4.74 Å². The molecule has 0 radical (unpaired) electrons. The Morgan fingerprint density at radius 2 is 2.00 bits per heavy atom. The minimum absolute atomic E-state index is 0.714. The summed E-state index contributed by atoms with van der Waals surface area (Å²) in [6.07, 6.45) is 2.67. The van der Waals surface area contributed by atoms with Crippen molar-refractivity contribution in [3.05, 3.63) is 33.7 Å². The van der Waals surface area contributed by atoms with Gasteiger partial charge in [-0.1, -0.05) is 12.1 Å². The number of fused-ring (bicyclic) bond motifs is 1. The maximum Gasteiger partial charge on any atom is 0.0730 e. The van der Waals surface area contributed by atoms with Gasteiger partial charge in [-0.15, -0.1) is 11.3 Å². The van der Waals surface area contributed by atoms with E-state index in [1.54, 1.807) is 7.11 Å². The molecule has 0 atom stereocenters. The molecule has 1 aliphatic rings. The number of rotatable bonds is 5. The van der Waals surface area contributed by atoms with Gasteiger partial charge < -0.3 is 10.1 Å². The first-order chi connectivity index (χ1) is 9.20. The van der Waals surface area contributed by atoms with Gasteiger partial charge in [0.25, 0.3) is 0 Å². The van der Waals surface area contributed by atoms with Crippen LogP contribution in [-0.2, 0) is 17.9 Å². The van der Waals surface area contributed by atoms with E-state index in [1.807, 2.05) is 11.3 Å². The van der Waals surface area contributed by atoms with Crippen molar-refractivity contribution in [1.29, 1.82) is 0 Å². The van der Waals surface area contributed by atoms with Crippen molar-refractivity contribution >= 4 is 21.4 Å². The SMILES string of the molecule is COCc1c(CNC2CC2)sc2c(C)ccc(C)c12. The lowest BCUT2D eigenvalue weighted by Crippen LogP contribution is -2.15. The maximum atomic E-state index is 5.43. The average Bonchev–Trinajstić information content (AvgIpc) is 3.15. The summed E-state index contributed by atoms with van der Waals surface area (Å²) in [5, 5.41) is 5.04. The largest absolute Gasteiger partial charge is 0.380 e. The molecule has 0 amide bonds. The Labute approximate surface area is 118 Å². The minimum atomic E-state index is 0.714. The molecule has 1 aromatic heterocycles. The van der Waals surface area contributed by atoms with Gasteiger partial charge in [0.1, 0.15) is 0 Å². The first-order valence-corrected chi connectivity index (χ1v) is 7.75. The quantitative estimate of drug-likeness (QED) is 0.893. The van der Waals surface area contributed by atoms with Gasteiger partial charge in [0.2, 0.25) is 0 Å². The maximum absolute atomic E-state index is 5.43. The number of hydrogen-bond donors (Lipinski definition) is 1. The van der Waals surface area contributed by atoms with Gasteiger partial charge in [-0.25, -0.2) is 0 Å². The van der Waals surface area contributed by atoms with Crippen molar-refractivity contribution in [2.75, 3.05) is 7.11 Å². The molecular formula is C16H21NOS. The molecule has 1 saturated carbocycles. The lowest BCUT2D eigenvalue weighted by molar-refractivity contribution is 0.185. The molecule has 0 spiro atoms. The summed E-state index contributed by atoms with van der Waals surface area (Å²) in [5.41, 5.74) is 4.12. The summed E-state index contributed by atoms with van der Waals surface area (Å²) in [7, 11) is 1.78. The Morgan fingerprint density at radius 3 is 2.68 bits per heavy atom. The normalized spacial score (nSPS) is 15.3. The van der Waals surface area contributed by atoms with E-state index in [4.69, 9.17) is 4.74 Å². The van der Waals surface area contributed by atoms with Crippen LogP contribution in [-0.4, -0.2) is 13.2 Å². The second-order valence-corrected chi connectivity index (χ2v) is 6.60. The number of ether oxygens (including phenoxy) is 1. The van der Waals surface area contributed by atoms with Crippen molar-refractivity contribution in [1.82, 2.24) is 5.32 Å². The predicted octanol–water partition coefficient (Wildman–Crippen LogP) is 3.92. The Morgan fingerprint density at radius 1 is 1.26 bits per heavy atom. The van der Waals surface area contributed by atoms with Crippen LogP contribution in [0.1, 0.15) is 34.4 Å². The smallest absolute Gasteiger partial charge is 0.0730 e. The number of thiophene rings is 1. The molecule has 0 saturated heterocycles. The number of aryl methyl sites for hydroxylation is 2. The molecule has 0 unspecified atom stereocenters. The summed E-state index contributed by atoms with van der Waals surface area (Å²) >= 11 is 1.93. The molecule has 19 heavy (non-hydrogen) atoms. The number of methoxy groups -OCH3 is 1. The zero-order valence-corrected chi connectivity index (χ0v) is 12.7. The summed E-state index contributed by atoms with van der Waals surface area (Å²) in [5.74, 6) is 0. The van der Waals surface area contributed by atoms with Gasteiger partial charge in [0.15, 0.2) is 0 Å². The number of benzene rings is 1. The van der Waals surface area contributed by atoms with E-state index in [0.29, 0.717) is 6.61 Å². The monoisotopic (exact) mass is 275 g/mol. The molecule has 0 bridgehead atoms. The van der Waals surface area contributed by atoms with Gasteiger partial charge in [-0.3, -0.25) is 0 Å². The average molecular weight is 275 g/mol. The molecule has 102 valence electrons. The van der Waals surface area contributed by atoms with Crippen LogP contribution in [0.4, 0.5) is 0 Å². The highest BCUT2D eigenvalue weighted by atomic mass is 32.1. The van der Waals surface area contributed by atoms with Crippen molar-refractivity contribution in [2.45, 2.75) is 45.9 Å². The molecule has 1 aromatic carbocycles. The van der Waals surface area contributed by atoms with Gasteiger partial charge in [0, 0.05) is 40.2 Å². The second kappa shape index (κ2) is 5.23. The Hall–Kier alpha value is -0.900. The van der Waals surface area contributed by atoms with Crippen LogP contribution in [0.3, 0.4) is 0 Å². The van der Waals surface area contributed by atoms with Crippen LogP contribution in [0, 0.1) is 13.8 Å². The van der Waals surface area contributed by atoms with Crippen molar-refractivity contribution in [3.63, 3.8) is 0 Å². The first-order valence-electron chi connectivity index (χ1n) is 6.93. The van der Waals surface area contributed by atoms with E-state index >= 15 is 0 Å². The third-order valence-corrected chi connectivity index (χ3v) is 5.21. The summed E-state index contributed by atoms with van der Waals surface area (Å²) < 4.78 is 6.86. The second-order valence-electron chi connectivity index (χ2n) is 5.50. The van der Waals surface area contributed by atoms with Crippen LogP contribution in [0.5, 0.6) is 0 Å². The van der Waals surface area contributed by atoms with E-state index in [0.717, 1.165) is 12.6 Å². The van der Waals surface area contributed by atoms with Crippen LogP contribution in [0.25, 0.3) is 10.1 Å². The fourth-order valence-corrected chi connectivity index (χ4v) is 3.88. The standard InChI is InChI=1S/C16H21NOS/c1-10-4-5-11(2)16-15(10)13(9-18-3)14(19-16)8-17-12-6-7-12/h4-5,12,17H,6-9H2,1-3H3. The van der Waals surface area contributed by atoms with Gasteiger partial charge >= 0.3 is 0 Å². The molecule has 1 fully saturated rings. The van der Waals surface area contributed by atoms with E-state index in [-0.39, 0.29) is 0 Å². The molecule has 1 N–H and O–H groups in total. The van der Waals surface area contributed by atoms with Gasteiger partial charge in [-0.05, 0) is 37.8 Å². The molecule has 0 aliphatic heterocycles. The van der Waals surface area contributed by atoms with E-state index in [2.05, 4.69) is 31.3 Å². The summed E-state index contributed by atoms with van der Waals surface area (Å²) in [4.78, 5) is 1.45. The first kappa shape index (κ1) is 13.1. The molecule has 3 heteroatoms. The van der Waals surface area contributed by atoms with Crippen LogP contribution in [0.2, 0.25) is 0 Å². The number of hydrogen-bond acceptors (Lipinski definition) is 3. The highest BCUT2D eigenvalue weighted by Gasteiger charge is 2.22. The number of nitrogens with one attached hydrogen (secondary N) is 1. The molecule has 1 aliphatic carbocycles. The predicted molar refractivity (Wildman–Crippen MR) is 81.9 cm³/mol. The zero-order chi connectivity index (χ0) is 13.4. The Kier molecular flexibility index (Phi) is 3.61. The van der Waals surface area contributed by atoms with Crippen LogP contribution >= 0.6 is 11.3 Å². The Balaban J connectivity index is 2.05. The molecular weight excluding hydrogens is 254 g/mol. The van der Waals surface area contributed by atoms with Gasteiger partial charge in [-0.2, -0.15) is 0 Å². The van der Waals surface area contributed by atoms with E-state index in [1.165, 1.54) is 44.5 Å². The highest BCUT2D eigenvalue weighted by molar-refractivity contribution is 7.19. The van der Waals surface area contributed by atoms with Crippen LogP contribution < -0.4 is 5.32 Å². The van der Waals surface area contributed by atoms with Gasteiger partial charge in [0.05, 0.1) is 6.61 Å². The zero-order valence-electron chi connectivity index (χ0n) is 11.9. The fraction of sp³-hybridized carbons (Fsp3) is 0.500. The van der Waals surface area contributed by atoms with Crippen LogP contribution in [0.15, 0.2) is 12.1 Å². The fourth-order valence-electron chi connectivity index (χ4n) is 2.58. The lowest BCUT2D eigenvalue weighted by atomic mass is 10.0. The molecule has 3 rings (SSSR count). The highest BCUT2D eigenvalue weighted by Crippen LogP contribution is 2.36. The van der Waals surface area contributed by atoms with Crippen molar-refractivity contribution in [2.24, 2.45) is 0 Å². The Bertz CT molecular complexity index is 598. The third-order valence-electron chi connectivity index (χ3n) is 3.84. The van der Waals surface area contributed by atoms with E-state index in [9.17, 15) is 0 Å². The molecule has 2 aromatic rings. The third kappa shape index (κ3) is 2.55. The lowest BCUT2D eigenvalue weighted by Gasteiger charge is -2.06. The summed E-state index contributed by atoms with van der Waals surface area (Å²) in [6, 6.07) is 5.20. The van der Waals surface area contributed by atoms with E-state index < -0.39 is 0 Å². The topological polar surface area (TPSA) is 21.3 Å². The molecule has 1 heterocycles.